The minimum Gasteiger partial charge on any atom is -0.310 e. The summed E-state index contributed by atoms with van der Waals surface area (Å²) in [5, 5.41) is 4.42. The van der Waals surface area contributed by atoms with E-state index in [9.17, 15) is 0 Å². The Morgan fingerprint density at radius 1 is 1.05 bits per heavy atom. The first-order valence-electron chi connectivity index (χ1n) is 7.15. The topological polar surface area (TPSA) is 12.0 Å². The molecule has 0 radical (unpaired) electrons. The zero-order chi connectivity index (χ0) is 14.5. The largest absolute Gasteiger partial charge is 0.310 e. The maximum absolute atomic E-state index is 6.29. The summed E-state index contributed by atoms with van der Waals surface area (Å²) in [6.07, 6.45) is 0.913. The van der Waals surface area contributed by atoms with E-state index >= 15 is 0 Å². The summed E-state index contributed by atoms with van der Waals surface area (Å²) in [6.45, 7) is 7.38. The standard InChI is InChI=1S/C18H22ClN/c1-4-20-18(12-15-7-5-6-8-17(15)19)16-10-13(2)9-14(3)11-16/h5-11,18,20H,4,12H2,1-3H3. The van der Waals surface area contributed by atoms with Crippen molar-refractivity contribution in [2.45, 2.75) is 33.2 Å². The Morgan fingerprint density at radius 2 is 1.70 bits per heavy atom. The van der Waals surface area contributed by atoms with Crippen LogP contribution in [0.25, 0.3) is 0 Å². The Kier molecular flexibility index (Phi) is 5.22. The second-order valence-corrected chi connectivity index (χ2v) is 5.73. The lowest BCUT2D eigenvalue weighted by Gasteiger charge is -2.20. The van der Waals surface area contributed by atoms with Crippen molar-refractivity contribution in [3.63, 3.8) is 0 Å². The summed E-state index contributed by atoms with van der Waals surface area (Å²) >= 11 is 6.29. The van der Waals surface area contributed by atoms with Crippen molar-refractivity contribution in [3.8, 4) is 0 Å². The predicted molar refractivity (Wildman–Crippen MR) is 87.5 cm³/mol. The molecule has 0 aromatic heterocycles. The van der Waals surface area contributed by atoms with Gasteiger partial charge in [-0.25, -0.2) is 0 Å². The van der Waals surface area contributed by atoms with Crippen LogP contribution in [0, 0.1) is 13.8 Å². The Labute approximate surface area is 127 Å². The summed E-state index contributed by atoms with van der Waals surface area (Å²) in [6, 6.07) is 15.1. The number of hydrogen-bond donors (Lipinski definition) is 1. The van der Waals surface area contributed by atoms with E-state index in [2.05, 4.69) is 50.4 Å². The van der Waals surface area contributed by atoms with Gasteiger partial charge in [0, 0.05) is 11.1 Å². The van der Waals surface area contributed by atoms with Crippen LogP contribution >= 0.6 is 11.6 Å². The fraction of sp³-hybridized carbons (Fsp3) is 0.333. The number of nitrogens with one attached hydrogen (secondary N) is 1. The van der Waals surface area contributed by atoms with Crippen LogP contribution in [-0.4, -0.2) is 6.54 Å². The first-order valence-corrected chi connectivity index (χ1v) is 7.53. The first kappa shape index (κ1) is 15.1. The summed E-state index contributed by atoms with van der Waals surface area (Å²) in [5.41, 5.74) is 5.15. The number of hydrogen-bond acceptors (Lipinski definition) is 1. The average molecular weight is 288 g/mol. The quantitative estimate of drug-likeness (QED) is 0.829. The molecule has 0 amide bonds. The molecule has 2 aromatic carbocycles. The minimum absolute atomic E-state index is 0.304. The normalized spacial score (nSPS) is 12.4. The molecule has 0 spiro atoms. The summed E-state index contributed by atoms with van der Waals surface area (Å²) < 4.78 is 0. The monoisotopic (exact) mass is 287 g/mol. The van der Waals surface area contributed by atoms with E-state index in [1.54, 1.807) is 0 Å². The Balaban J connectivity index is 2.29. The van der Waals surface area contributed by atoms with E-state index in [-0.39, 0.29) is 0 Å². The van der Waals surface area contributed by atoms with Crippen LogP contribution in [0.5, 0.6) is 0 Å². The molecule has 0 bridgehead atoms. The van der Waals surface area contributed by atoms with E-state index < -0.39 is 0 Å². The van der Waals surface area contributed by atoms with E-state index in [0.717, 1.165) is 18.0 Å². The van der Waals surface area contributed by atoms with Gasteiger partial charge >= 0.3 is 0 Å². The molecule has 0 aliphatic heterocycles. The summed E-state index contributed by atoms with van der Waals surface area (Å²) in [4.78, 5) is 0. The lowest BCUT2D eigenvalue weighted by molar-refractivity contribution is 0.549. The third-order valence-corrected chi connectivity index (χ3v) is 3.85. The van der Waals surface area contributed by atoms with Crippen LogP contribution in [0.3, 0.4) is 0 Å². The van der Waals surface area contributed by atoms with Gasteiger partial charge in [-0.05, 0) is 44.0 Å². The molecule has 1 N–H and O–H groups in total. The molecule has 20 heavy (non-hydrogen) atoms. The summed E-state index contributed by atoms with van der Waals surface area (Å²) in [7, 11) is 0. The van der Waals surface area contributed by atoms with E-state index in [1.807, 2.05) is 18.2 Å². The fourth-order valence-electron chi connectivity index (χ4n) is 2.65. The van der Waals surface area contributed by atoms with E-state index in [4.69, 9.17) is 11.6 Å². The zero-order valence-electron chi connectivity index (χ0n) is 12.4. The third-order valence-electron chi connectivity index (χ3n) is 3.48. The van der Waals surface area contributed by atoms with Crippen molar-refractivity contribution in [1.82, 2.24) is 5.32 Å². The zero-order valence-corrected chi connectivity index (χ0v) is 13.2. The van der Waals surface area contributed by atoms with Crippen molar-refractivity contribution in [2.75, 3.05) is 6.54 Å². The van der Waals surface area contributed by atoms with Gasteiger partial charge in [-0.3, -0.25) is 0 Å². The van der Waals surface area contributed by atoms with Crippen molar-refractivity contribution < 1.29 is 0 Å². The molecule has 106 valence electrons. The van der Waals surface area contributed by atoms with Crippen LogP contribution in [0.4, 0.5) is 0 Å². The molecule has 1 atom stereocenters. The molecule has 2 heteroatoms. The third kappa shape index (κ3) is 3.84. The van der Waals surface area contributed by atoms with Gasteiger partial charge < -0.3 is 5.32 Å². The Bertz CT molecular complexity index is 557. The van der Waals surface area contributed by atoms with Crippen molar-refractivity contribution in [1.29, 1.82) is 0 Å². The molecule has 0 aliphatic carbocycles. The lowest BCUT2D eigenvalue weighted by atomic mass is 9.96. The number of rotatable bonds is 5. The smallest absolute Gasteiger partial charge is 0.0438 e. The van der Waals surface area contributed by atoms with Crippen LogP contribution < -0.4 is 5.32 Å². The van der Waals surface area contributed by atoms with Crippen molar-refractivity contribution in [3.05, 3.63) is 69.7 Å². The summed E-state index contributed by atoms with van der Waals surface area (Å²) in [5.74, 6) is 0. The number of benzene rings is 2. The molecule has 0 heterocycles. The van der Waals surface area contributed by atoms with Gasteiger partial charge in [-0.2, -0.15) is 0 Å². The Morgan fingerprint density at radius 3 is 2.30 bits per heavy atom. The van der Waals surface area contributed by atoms with Gasteiger partial charge in [0.25, 0.3) is 0 Å². The van der Waals surface area contributed by atoms with Gasteiger partial charge in [0.2, 0.25) is 0 Å². The molecule has 0 saturated heterocycles. The highest BCUT2D eigenvalue weighted by atomic mass is 35.5. The maximum atomic E-state index is 6.29. The van der Waals surface area contributed by atoms with Crippen LogP contribution in [0.2, 0.25) is 5.02 Å². The van der Waals surface area contributed by atoms with Gasteiger partial charge in [-0.15, -0.1) is 0 Å². The molecule has 0 saturated carbocycles. The van der Waals surface area contributed by atoms with Crippen LogP contribution in [0.1, 0.15) is 35.2 Å². The average Bonchev–Trinajstić information content (AvgIpc) is 2.39. The molecule has 1 unspecified atom stereocenters. The number of likely N-dealkylation sites (N-methyl/N-ethyl adjacent to an activating group) is 1. The second kappa shape index (κ2) is 6.92. The van der Waals surface area contributed by atoms with Gasteiger partial charge in [-0.1, -0.05) is 66.0 Å². The highest BCUT2D eigenvalue weighted by Crippen LogP contribution is 2.24. The lowest BCUT2D eigenvalue weighted by Crippen LogP contribution is -2.23. The van der Waals surface area contributed by atoms with Gasteiger partial charge in [0.05, 0.1) is 0 Å². The minimum atomic E-state index is 0.304. The first-order chi connectivity index (χ1) is 9.60. The molecule has 2 rings (SSSR count). The van der Waals surface area contributed by atoms with E-state index in [0.29, 0.717) is 6.04 Å². The number of aryl methyl sites for hydroxylation is 2. The van der Waals surface area contributed by atoms with Crippen molar-refractivity contribution in [2.24, 2.45) is 0 Å². The molecule has 2 aromatic rings. The van der Waals surface area contributed by atoms with Crippen LogP contribution in [-0.2, 0) is 6.42 Å². The van der Waals surface area contributed by atoms with Crippen molar-refractivity contribution >= 4 is 11.6 Å². The van der Waals surface area contributed by atoms with E-state index in [1.165, 1.54) is 22.3 Å². The van der Waals surface area contributed by atoms with Gasteiger partial charge in [0.1, 0.15) is 0 Å². The SMILES string of the molecule is CCNC(Cc1ccccc1Cl)c1cc(C)cc(C)c1. The van der Waals surface area contributed by atoms with Crippen LogP contribution in [0.15, 0.2) is 42.5 Å². The predicted octanol–water partition coefficient (Wildman–Crippen LogP) is 4.85. The Hall–Kier alpha value is -1.31. The number of halogens is 1. The molecular weight excluding hydrogens is 266 g/mol. The molecular formula is C18H22ClN. The molecule has 0 fully saturated rings. The highest BCUT2D eigenvalue weighted by molar-refractivity contribution is 6.31. The second-order valence-electron chi connectivity index (χ2n) is 5.33. The van der Waals surface area contributed by atoms with Gasteiger partial charge in [0.15, 0.2) is 0 Å². The maximum Gasteiger partial charge on any atom is 0.0438 e. The molecule has 1 nitrogen and oxygen atoms in total. The highest BCUT2D eigenvalue weighted by Gasteiger charge is 2.13. The molecule has 0 aliphatic rings. The fourth-order valence-corrected chi connectivity index (χ4v) is 2.86.